The van der Waals surface area contributed by atoms with Crippen molar-refractivity contribution in [1.82, 2.24) is 0 Å². The summed E-state index contributed by atoms with van der Waals surface area (Å²) in [6.07, 6.45) is 0. The summed E-state index contributed by atoms with van der Waals surface area (Å²) in [5.41, 5.74) is 6.26. The minimum Gasteiger partial charge on any atom is -0.326 e. The predicted molar refractivity (Wildman–Crippen MR) is 48.6 cm³/mol. The maximum Gasteiger partial charge on any atom is 0.221 e. The van der Waals surface area contributed by atoms with Crippen LogP contribution in [0.3, 0.4) is 0 Å². The van der Waals surface area contributed by atoms with E-state index in [1.54, 1.807) is 0 Å². The van der Waals surface area contributed by atoms with Crippen LogP contribution in [-0.4, -0.2) is 5.91 Å². The largest absolute Gasteiger partial charge is 0.326 e. The fourth-order valence-corrected chi connectivity index (χ4v) is 1.01. The van der Waals surface area contributed by atoms with Crippen LogP contribution in [0.5, 0.6) is 0 Å². The zero-order valence-electron chi connectivity index (χ0n) is 7.30. The monoisotopic (exact) mass is 182 g/mol. The highest BCUT2D eigenvalue weighted by Crippen LogP contribution is 2.13. The van der Waals surface area contributed by atoms with Crippen LogP contribution in [0.25, 0.3) is 0 Å². The van der Waals surface area contributed by atoms with E-state index in [2.05, 4.69) is 5.32 Å². The number of carbonyl (C=O) groups is 1. The third kappa shape index (κ3) is 2.52. The first-order chi connectivity index (χ1) is 6.13. The van der Waals surface area contributed by atoms with E-state index in [1.807, 2.05) is 0 Å². The van der Waals surface area contributed by atoms with Crippen LogP contribution >= 0.6 is 0 Å². The first-order valence-corrected chi connectivity index (χ1v) is 3.89. The quantitative estimate of drug-likeness (QED) is 0.723. The van der Waals surface area contributed by atoms with E-state index in [1.165, 1.54) is 25.1 Å². The molecular formula is C9H11FN2O. The molecule has 0 aromatic heterocycles. The van der Waals surface area contributed by atoms with Crippen LogP contribution in [0, 0.1) is 5.82 Å². The lowest BCUT2D eigenvalue weighted by atomic mass is 10.2. The number of anilines is 1. The zero-order chi connectivity index (χ0) is 9.84. The molecule has 0 unspecified atom stereocenters. The molecule has 3 N–H and O–H groups in total. The van der Waals surface area contributed by atoms with Crippen molar-refractivity contribution in [3.8, 4) is 0 Å². The summed E-state index contributed by atoms with van der Waals surface area (Å²) >= 11 is 0. The summed E-state index contributed by atoms with van der Waals surface area (Å²) in [6.45, 7) is 1.52. The molecule has 0 bridgehead atoms. The Morgan fingerprint density at radius 1 is 1.62 bits per heavy atom. The van der Waals surface area contributed by atoms with Gasteiger partial charge in [0, 0.05) is 24.7 Å². The molecule has 0 aliphatic heterocycles. The van der Waals surface area contributed by atoms with E-state index in [9.17, 15) is 9.18 Å². The molecule has 1 aromatic carbocycles. The highest BCUT2D eigenvalue weighted by atomic mass is 19.1. The number of hydrogen-bond acceptors (Lipinski definition) is 2. The van der Waals surface area contributed by atoms with Gasteiger partial charge in [0.05, 0.1) is 0 Å². The molecule has 0 atom stereocenters. The Morgan fingerprint density at radius 3 is 2.85 bits per heavy atom. The number of nitrogens with one attached hydrogen (secondary N) is 1. The summed E-state index contributed by atoms with van der Waals surface area (Å²) in [5.74, 6) is -0.536. The summed E-state index contributed by atoms with van der Waals surface area (Å²) < 4.78 is 12.9. The lowest BCUT2D eigenvalue weighted by Crippen LogP contribution is -2.07. The van der Waals surface area contributed by atoms with Gasteiger partial charge in [-0.15, -0.1) is 0 Å². The van der Waals surface area contributed by atoms with Crippen LogP contribution in [-0.2, 0) is 11.3 Å². The van der Waals surface area contributed by atoms with Gasteiger partial charge in [-0.1, -0.05) is 0 Å². The Bertz CT molecular complexity index is 325. The van der Waals surface area contributed by atoms with Gasteiger partial charge in [0.25, 0.3) is 0 Å². The molecule has 0 aliphatic rings. The fraction of sp³-hybridized carbons (Fsp3) is 0.222. The summed E-state index contributed by atoms with van der Waals surface area (Å²) in [5, 5.41) is 2.55. The van der Waals surface area contributed by atoms with Crippen molar-refractivity contribution in [3.63, 3.8) is 0 Å². The Balaban J connectivity index is 2.92. The smallest absolute Gasteiger partial charge is 0.221 e. The van der Waals surface area contributed by atoms with Crippen molar-refractivity contribution in [1.29, 1.82) is 0 Å². The van der Waals surface area contributed by atoms with E-state index in [-0.39, 0.29) is 18.3 Å². The van der Waals surface area contributed by atoms with Gasteiger partial charge in [-0.3, -0.25) is 4.79 Å². The SMILES string of the molecule is CC(=O)Nc1ccc(F)c(CN)c1. The van der Waals surface area contributed by atoms with Gasteiger partial charge >= 0.3 is 0 Å². The maximum atomic E-state index is 12.9. The molecule has 0 heterocycles. The van der Waals surface area contributed by atoms with E-state index in [0.717, 1.165) is 0 Å². The van der Waals surface area contributed by atoms with Gasteiger partial charge < -0.3 is 11.1 Å². The van der Waals surface area contributed by atoms with Gasteiger partial charge in [0.15, 0.2) is 0 Å². The van der Waals surface area contributed by atoms with Crippen LogP contribution < -0.4 is 11.1 Å². The van der Waals surface area contributed by atoms with Gasteiger partial charge in [-0.25, -0.2) is 4.39 Å². The number of carbonyl (C=O) groups excluding carboxylic acids is 1. The highest BCUT2D eigenvalue weighted by molar-refractivity contribution is 5.88. The molecule has 3 nitrogen and oxygen atoms in total. The van der Waals surface area contributed by atoms with Gasteiger partial charge in [0.1, 0.15) is 5.82 Å². The molecule has 13 heavy (non-hydrogen) atoms. The molecule has 1 aromatic rings. The number of rotatable bonds is 2. The topological polar surface area (TPSA) is 55.1 Å². The minimum absolute atomic E-state index is 0.124. The van der Waals surface area contributed by atoms with Crippen molar-refractivity contribution in [2.45, 2.75) is 13.5 Å². The van der Waals surface area contributed by atoms with E-state index < -0.39 is 0 Å². The lowest BCUT2D eigenvalue weighted by Gasteiger charge is -2.04. The second-order valence-corrected chi connectivity index (χ2v) is 2.69. The molecule has 0 spiro atoms. The Labute approximate surface area is 75.7 Å². The van der Waals surface area contributed by atoms with Crippen LogP contribution in [0.4, 0.5) is 10.1 Å². The molecular weight excluding hydrogens is 171 g/mol. The number of halogens is 1. The molecule has 0 aliphatic carbocycles. The maximum absolute atomic E-state index is 12.9. The molecule has 70 valence electrons. The number of amides is 1. The third-order valence-electron chi connectivity index (χ3n) is 1.59. The fourth-order valence-electron chi connectivity index (χ4n) is 1.01. The first-order valence-electron chi connectivity index (χ1n) is 3.89. The minimum atomic E-state index is -0.350. The number of nitrogens with two attached hydrogens (primary N) is 1. The average Bonchev–Trinajstić information content (AvgIpc) is 2.07. The normalized spacial score (nSPS) is 9.77. The number of benzene rings is 1. The zero-order valence-corrected chi connectivity index (χ0v) is 7.30. The first kappa shape index (κ1) is 9.67. The van der Waals surface area contributed by atoms with Crippen molar-refractivity contribution < 1.29 is 9.18 Å². The Kier molecular flexibility index (Phi) is 2.97. The van der Waals surface area contributed by atoms with E-state index in [4.69, 9.17) is 5.73 Å². The lowest BCUT2D eigenvalue weighted by molar-refractivity contribution is -0.114. The van der Waals surface area contributed by atoms with Crippen molar-refractivity contribution in [2.24, 2.45) is 5.73 Å². The van der Waals surface area contributed by atoms with E-state index in [0.29, 0.717) is 11.3 Å². The predicted octanol–water partition coefficient (Wildman–Crippen LogP) is 1.24. The van der Waals surface area contributed by atoms with Gasteiger partial charge in [0.2, 0.25) is 5.91 Å². The van der Waals surface area contributed by atoms with Crippen LogP contribution in [0.15, 0.2) is 18.2 Å². The molecule has 0 radical (unpaired) electrons. The van der Waals surface area contributed by atoms with E-state index >= 15 is 0 Å². The van der Waals surface area contributed by atoms with Crippen LogP contribution in [0.1, 0.15) is 12.5 Å². The summed E-state index contributed by atoms with van der Waals surface area (Å²) in [4.78, 5) is 10.7. The summed E-state index contributed by atoms with van der Waals surface area (Å²) in [7, 11) is 0. The van der Waals surface area contributed by atoms with Crippen molar-refractivity contribution >= 4 is 11.6 Å². The standard InChI is InChI=1S/C9H11FN2O/c1-6(13)12-8-2-3-9(10)7(4-8)5-11/h2-4H,5,11H2,1H3,(H,12,13). The van der Waals surface area contributed by atoms with Crippen molar-refractivity contribution in [3.05, 3.63) is 29.6 Å². The van der Waals surface area contributed by atoms with Crippen molar-refractivity contribution in [2.75, 3.05) is 5.32 Å². The van der Waals surface area contributed by atoms with Gasteiger partial charge in [-0.05, 0) is 18.2 Å². The molecule has 1 amide bonds. The summed E-state index contributed by atoms with van der Waals surface area (Å²) in [6, 6.07) is 4.31. The van der Waals surface area contributed by atoms with Crippen LogP contribution in [0.2, 0.25) is 0 Å². The second kappa shape index (κ2) is 4.00. The molecule has 0 saturated carbocycles. The highest BCUT2D eigenvalue weighted by Gasteiger charge is 2.02. The number of hydrogen-bond donors (Lipinski definition) is 2. The molecule has 0 saturated heterocycles. The molecule has 1 rings (SSSR count). The molecule has 4 heteroatoms. The average molecular weight is 182 g/mol. The Hall–Kier alpha value is -1.42. The molecule has 0 fully saturated rings. The second-order valence-electron chi connectivity index (χ2n) is 2.69. The third-order valence-corrected chi connectivity index (χ3v) is 1.59. The Morgan fingerprint density at radius 2 is 2.31 bits per heavy atom. The van der Waals surface area contributed by atoms with Gasteiger partial charge in [-0.2, -0.15) is 0 Å².